The molecule has 0 radical (unpaired) electrons. The monoisotopic (exact) mass is 262 g/mol. The standard InChI is InChI=1S/C12H11FN4S/c1-17-9(4-5-15-17)7-14-12-16-10-6-8(13)2-3-11(10)18-12/h2-6H,7H2,1H3,(H,14,16). The van der Waals surface area contributed by atoms with Crippen LogP contribution in [-0.2, 0) is 13.6 Å². The molecule has 2 heterocycles. The highest BCUT2D eigenvalue weighted by atomic mass is 32.1. The van der Waals surface area contributed by atoms with Gasteiger partial charge in [-0.05, 0) is 18.2 Å². The van der Waals surface area contributed by atoms with Crippen LogP contribution in [0.4, 0.5) is 9.52 Å². The Labute approximate surface area is 107 Å². The van der Waals surface area contributed by atoms with Crippen molar-refractivity contribution in [3.8, 4) is 0 Å². The molecule has 1 N–H and O–H groups in total. The van der Waals surface area contributed by atoms with Crippen molar-refractivity contribution >= 4 is 26.7 Å². The molecule has 0 saturated heterocycles. The zero-order valence-electron chi connectivity index (χ0n) is 9.72. The van der Waals surface area contributed by atoms with Gasteiger partial charge in [-0.3, -0.25) is 4.68 Å². The second kappa shape index (κ2) is 4.38. The number of aromatic nitrogens is 3. The van der Waals surface area contributed by atoms with E-state index in [9.17, 15) is 4.39 Å². The summed E-state index contributed by atoms with van der Waals surface area (Å²) in [6, 6.07) is 6.59. The van der Waals surface area contributed by atoms with Gasteiger partial charge in [-0.25, -0.2) is 9.37 Å². The van der Waals surface area contributed by atoms with E-state index in [-0.39, 0.29) is 5.82 Å². The van der Waals surface area contributed by atoms with Crippen molar-refractivity contribution < 1.29 is 4.39 Å². The van der Waals surface area contributed by atoms with Gasteiger partial charge in [-0.1, -0.05) is 11.3 Å². The quantitative estimate of drug-likeness (QED) is 0.789. The Hall–Kier alpha value is -1.95. The largest absolute Gasteiger partial charge is 0.356 e. The van der Waals surface area contributed by atoms with E-state index >= 15 is 0 Å². The summed E-state index contributed by atoms with van der Waals surface area (Å²) in [4.78, 5) is 4.34. The lowest BCUT2D eigenvalue weighted by Crippen LogP contribution is -2.04. The van der Waals surface area contributed by atoms with E-state index in [1.165, 1.54) is 23.5 Å². The Balaban J connectivity index is 1.81. The summed E-state index contributed by atoms with van der Waals surface area (Å²) in [5.74, 6) is -0.258. The molecule has 92 valence electrons. The second-order valence-electron chi connectivity index (χ2n) is 3.93. The van der Waals surface area contributed by atoms with Crippen molar-refractivity contribution in [1.82, 2.24) is 14.8 Å². The predicted molar refractivity (Wildman–Crippen MR) is 70.1 cm³/mol. The van der Waals surface area contributed by atoms with Gasteiger partial charge in [-0.2, -0.15) is 5.10 Å². The molecule has 4 nitrogen and oxygen atoms in total. The molecule has 0 spiro atoms. The molecular formula is C12H11FN4S. The third kappa shape index (κ3) is 2.06. The van der Waals surface area contributed by atoms with Crippen molar-refractivity contribution in [2.45, 2.75) is 6.54 Å². The molecule has 6 heteroatoms. The first kappa shape index (κ1) is 11.2. The number of anilines is 1. The molecular weight excluding hydrogens is 251 g/mol. The van der Waals surface area contributed by atoms with Crippen LogP contribution < -0.4 is 5.32 Å². The van der Waals surface area contributed by atoms with E-state index < -0.39 is 0 Å². The van der Waals surface area contributed by atoms with E-state index in [0.29, 0.717) is 12.1 Å². The Kier molecular flexibility index (Phi) is 2.71. The van der Waals surface area contributed by atoms with Gasteiger partial charge in [0.05, 0.1) is 22.5 Å². The van der Waals surface area contributed by atoms with Crippen molar-refractivity contribution in [1.29, 1.82) is 0 Å². The minimum Gasteiger partial charge on any atom is -0.356 e. The van der Waals surface area contributed by atoms with Gasteiger partial charge in [0.2, 0.25) is 0 Å². The van der Waals surface area contributed by atoms with E-state index in [0.717, 1.165) is 15.5 Å². The summed E-state index contributed by atoms with van der Waals surface area (Å²) in [5, 5.41) is 8.10. The predicted octanol–water partition coefficient (Wildman–Crippen LogP) is 2.78. The molecule has 3 rings (SSSR count). The fraction of sp³-hybridized carbons (Fsp3) is 0.167. The van der Waals surface area contributed by atoms with E-state index in [4.69, 9.17) is 0 Å². The van der Waals surface area contributed by atoms with E-state index in [1.807, 2.05) is 13.1 Å². The maximum absolute atomic E-state index is 13.0. The lowest BCUT2D eigenvalue weighted by atomic mass is 10.3. The zero-order valence-corrected chi connectivity index (χ0v) is 10.5. The number of thiazole rings is 1. The van der Waals surface area contributed by atoms with Gasteiger partial charge in [0.1, 0.15) is 5.82 Å². The van der Waals surface area contributed by atoms with Crippen LogP contribution in [-0.4, -0.2) is 14.8 Å². The average Bonchev–Trinajstić information content (AvgIpc) is 2.92. The van der Waals surface area contributed by atoms with Gasteiger partial charge >= 0.3 is 0 Å². The third-order valence-corrected chi connectivity index (χ3v) is 3.69. The molecule has 0 bridgehead atoms. The molecule has 0 amide bonds. The number of hydrogen-bond donors (Lipinski definition) is 1. The highest BCUT2D eigenvalue weighted by molar-refractivity contribution is 7.22. The molecule has 0 aliphatic carbocycles. The van der Waals surface area contributed by atoms with Crippen LogP contribution in [0.3, 0.4) is 0 Å². The Morgan fingerprint density at radius 1 is 1.39 bits per heavy atom. The number of aryl methyl sites for hydroxylation is 1. The summed E-state index contributed by atoms with van der Waals surface area (Å²) in [6.45, 7) is 0.652. The maximum atomic E-state index is 13.0. The maximum Gasteiger partial charge on any atom is 0.184 e. The van der Waals surface area contributed by atoms with Gasteiger partial charge in [0.25, 0.3) is 0 Å². The normalized spacial score (nSPS) is 11.0. The molecule has 0 aliphatic heterocycles. The lowest BCUT2D eigenvalue weighted by Gasteiger charge is -2.02. The van der Waals surface area contributed by atoms with E-state index in [1.54, 1.807) is 16.9 Å². The van der Waals surface area contributed by atoms with Crippen LogP contribution in [0.2, 0.25) is 0 Å². The molecule has 0 fully saturated rings. The van der Waals surface area contributed by atoms with Crippen LogP contribution in [0, 0.1) is 5.82 Å². The first-order valence-corrected chi connectivity index (χ1v) is 6.31. The molecule has 0 unspecified atom stereocenters. The van der Waals surface area contributed by atoms with Crippen LogP contribution in [0.1, 0.15) is 5.69 Å². The minimum atomic E-state index is -0.258. The van der Waals surface area contributed by atoms with Gasteiger partial charge in [0.15, 0.2) is 5.13 Å². The number of nitrogens with one attached hydrogen (secondary N) is 1. The number of benzene rings is 1. The van der Waals surface area contributed by atoms with Gasteiger partial charge in [-0.15, -0.1) is 0 Å². The first-order chi connectivity index (χ1) is 8.72. The lowest BCUT2D eigenvalue weighted by molar-refractivity contribution is 0.629. The highest BCUT2D eigenvalue weighted by Crippen LogP contribution is 2.26. The first-order valence-electron chi connectivity index (χ1n) is 5.49. The summed E-state index contributed by atoms with van der Waals surface area (Å²) < 4.78 is 15.8. The van der Waals surface area contributed by atoms with Gasteiger partial charge in [0, 0.05) is 19.3 Å². The van der Waals surface area contributed by atoms with E-state index in [2.05, 4.69) is 15.4 Å². The van der Waals surface area contributed by atoms with Crippen LogP contribution in [0.5, 0.6) is 0 Å². The SMILES string of the molecule is Cn1nccc1CNc1nc2cc(F)ccc2s1. The summed E-state index contributed by atoms with van der Waals surface area (Å²) >= 11 is 1.52. The number of hydrogen-bond acceptors (Lipinski definition) is 4. The van der Waals surface area contributed by atoms with Crippen LogP contribution >= 0.6 is 11.3 Å². The van der Waals surface area contributed by atoms with Crippen molar-refractivity contribution in [3.63, 3.8) is 0 Å². The summed E-state index contributed by atoms with van der Waals surface area (Å²) in [5.41, 5.74) is 1.76. The fourth-order valence-electron chi connectivity index (χ4n) is 1.72. The average molecular weight is 262 g/mol. The van der Waals surface area contributed by atoms with Crippen molar-refractivity contribution in [2.75, 3.05) is 5.32 Å². The van der Waals surface area contributed by atoms with Crippen molar-refractivity contribution in [2.24, 2.45) is 7.05 Å². The Bertz CT molecular complexity index is 688. The summed E-state index contributed by atoms with van der Waals surface area (Å²) in [6.07, 6.45) is 1.75. The topological polar surface area (TPSA) is 42.7 Å². The van der Waals surface area contributed by atoms with Crippen molar-refractivity contribution in [3.05, 3.63) is 42.0 Å². The highest BCUT2D eigenvalue weighted by Gasteiger charge is 2.05. The van der Waals surface area contributed by atoms with Gasteiger partial charge < -0.3 is 5.32 Å². The number of halogens is 1. The molecule has 0 saturated carbocycles. The number of fused-ring (bicyclic) bond motifs is 1. The Morgan fingerprint density at radius 3 is 3.06 bits per heavy atom. The van der Waals surface area contributed by atoms with Crippen LogP contribution in [0.15, 0.2) is 30.5 Å². The second-order valence-corrected chi connectivity index (χ2v) is 4.96. The summed E-state index contributed by atoms with van der Waals surface area (Å²) in [7, 11) is 1.89. The molecule has 1 aromatic carbocycles. The Morgan fingerprint density at radius 2 is 2.28 bits per heavy atom. The van der Waals surface area contributed by atoms with Crippen LogP contribution in [0.25, 0.3) is 10.2 Å². The number of nitrogens with zero attached hydrogens (tertiary/aromatic N) is 3. The molecule has 2 aromatic heterocycles. The minimum absolute atomic E-state index is 0.258. The molecule has 18 heavy (non-hydrogen) atoms. The number of rotatable bonds is 3. The molecule has 0 aliphatic rings. The fourth-order valence-corrected chi connectivity index (χ4v) is 2.56. The smallest absolute Gasteiger partial charge is 0.184 e. The third-order valence-electron chi connectivity index (χ3n) is 2.69. The molecule has 0 atom stereocenters. The molecule has 3 aromatic rings. The zero-order chi connectivity index (χ0) is 12.5.